The number of benzene rings is 3. The van der Waals surface area contributed by atoms with E-state index in [2.05, 4.69) is 6.07 Å². The molecule has 0 unspecified atom stereocenters. The van der Waals surface area contributed by atoms with Gasteiger partial charge < -0.3 is 9.64 Å². The molecule has 166 valence electrons. The van der Waals surface area contributed by atoms with E-state index in [-0.39, 0.29) is 11.8 Å². The van der Waals surface area contributed by atoms with Gasteiger partial charge in [0.05, 0.1) is 23.4 Å². The molecule has 33 heavy (non-hydrogen) atoms. The predicted octanol–water partition coefficient (Wildman–Crippen LogP) is 5.39. The number of halogens is 1. The minimum Gasteiger partial charge on any atom is -0.495 e. The fraction of sp³-hybridized carbons (Fsp3) is 0.185. The van der Waals surface area contributed by atoms with Crippen LogP contribution in [0.3, 0.4) is 0 Å². The number of para-hydroxylation sites is 1. The third kappa shape index (κ3) is 3.58. The predicted molar refractivity (Wildman–Crippen MR) is 131 cm³/mol. The van der Waals surface area contributed by atoms with Crippen LogP contribution in [0.4, 0.5) is 11.4 Å². The topological polar surface area (TPSA) is 49.9 Å². The number of ether oxygens (including phenoxy) is 1. The Hall–Kier alpha value is -3.57. The summed E-state index contributed by atoms with van der Waals surface area (Å²) >= 11 is 6.33. The molecule has 0 saturated heterocycles. The van der Waals surface area contributed by atoms with E-state index >= 15 is 0 Å². The van der Waals surface area contributed by atoms with Gasteiger partial charge in [0.15, 0.2) is 0 Å². The van der Waals surface area contributed by atoms with Crippen LogP contribution in [0.5, 0.6) is 5.75 Å². The molecule has 2 aliphatic heterocycles. The monoisotopic (exact) mass is 458 g/mol. The summed E-state index contributed by atoms with van der Waals surface area (Å²) < 4.78 is 5.23. The fourth-order valence-electron chi connectivity index (χ4n) is 4.54. The second-order valence-corrected chi connectivity index (χ2v) is 8.65. The maximum Gasteiger partial charge on any atom is 0.282 e. The summed E-state index contributed by atoms with van der Waals surface area (Å²) in [5, 5.41) is 0.337. The number of nitrogens with zero attached hydrogens (tertiary/aromatic N) is 2. The van der Waals surface area contributed by atoms with Gasteiger partial charge in [-0.25, -0.2) is 4.90 Å². The van der Waals surface area contributed by atoms with Crippen LogP contribution in [0.25, 0.3) is 5.57 Å². The number of carbonyl (C=O) groups is 2. The van der Waals surface area contributed by atoms with Gasteiger partial charge in [-0.15, -0.1) is 0 Å². The number of anilines is 2. The van der Waals surface area contributed by atoms with Gasteiger partial charge in [-0.2, -0.15) is 0 Å². The summed E-state index contributed by atoms with van der Waals surface area (Å²) in [5.41, 5.74) is 5.18. The molecule has 0 radical (unpaired) electrons. The summed E-state index contributed by atoms with van der Waals surface area (Å²) in [6.07, 6.45) is 1.84. The third-order valence-electron chi connectivity index (χ3n) is 6.17. The molecule has 3 aromatic carbocycles. The van der Waals surface area contributed by atoms with Crippen LogP contribution in [0.1, 0.15) is 23.1 Å². The van der Waals surface area contributed by atoms with E-state index in [9.17, 15) is 9.59 Å². The zero-order valence-electron chi connectivity index (χ0n) is 18.5. The number of hydrogen-bond donors (Lipinski definition) is 0. The van der Waals surface area contributed by atoms with Crippen molar-refractivity contribution < 1.29 is 14.3 Å². The van der Waals surface area contributed by atoms with Crippen molar-refractivity contribution in [3.05, 3.63) is 94.1 Å². The zero-order valence-corrected chi connectivity index (χ0v) is 19.2. The molecule has 0 atom stereocenters. The smallest absolute Gasteiger partial charge is 0.282 e. The van der Waals surface area contributed by atoms with E-state index in [0.29, 0.717) is 34.3 Å². The number of carbonyl (C=O) groups excluding carboxylic acids is 2. The van der Waals surface area contributed by atoms with E-state index in [1.165, 1.54) is 17.6 Å². The Balaban J connectivity index is 1.68. The molecule has 5 rings (SSSR count). The van der Waals surface area contributed by atoms with E-state index in [4.69, 9.17) is 16.3 Å². The molecular formula is C27H23ClN2O3. The fourth-order valence-corrected chi connectivity index (χ4v) is 4.80. The molecule has 0 N–H and O–H groups in total. The largest absolute Gasteiger partial charge is 0.495 e. The Morgan fingerprint density at radius 1 is 0.939 bits per heavy atom. The molecule has 2 aliphatic rings. The van der Waals surface area contributed by atoms with E-state index in [1.807, 2.05) is 54.3 Å². The van der Waals surface area contributed by atoms with Crippen molar-refractivity contribution in [3.63, 3.8) is 0 Å². The Kier molecular flexibility index (Phi) is 5.43. The normalized spacial score (nSPS) is 15.8. The van der Waals surface area contributed by atoms with E-state index in [1.54, 1.807) is 18.2 Å². The average Bonchev–Trinajstić information content (AvgIpc) is 3.09. The highest BCUT2D eigenvalue weighted by Crippen LogP contribution is 2.40. The van der Waals surface area contributed by atoms with Gasteiger partial charge in [-0.1, -0.05) is 59.6 Å². The van der Waals surface area contributed by atoms with Crippen LogP contribution in [0.15, 0.2) is 72.4 Å². The Labute approximate surface area is 197 Å². The van der Waals surface area contributed by atoms with Crippen molar-refractivity contribution in [3.8, 4) is 5.75 Å². The lowest BCUT2D eigenvalue weighted by atomic mass is 9.98. The molecule has 0 spiro atoms. The SMILES string of the molecule is COc1ccc(N2C(=O)C(c3ccc(C)cc3)=C(N3CCCc4ccccc43)C2=O)cc1Cl. The number of hydrogen-bond acceptors (Lipinski definition) is 4. The van der Waals surface area contributed by atoms with Crippen molar-refractivity contribution in [1.29, 1.82) is 0 Å². The molecule has 2 heterocycles. The number of amides is 2. The number of fused-ring (bicyclic) bond motifs is 1. The second kappa shape index (κ2) is 8.41. The van der Waals surface area contributed by atoms with Gasteiger partial charge in [-0.05, 0) is 55.2 Å². The zero-order chi connectivity index (χ0) is 23.1. The molecule has 3 aromatic rings. The maximum absolute atomic E-state index is 13.9. The number of aryl methyl sites for hydroxylation is 2. The summed E-state index contributed by atoms with van der Waals surface area (Å²) in [6.45, 7) is 2.66. The lowest BCUT2D eigenvalue weighted by Crippen LogP contribution is -2.37. The van der Waals surface area contributed by atoms with E-state index in [0.717, 1.165) is 29.7 Å². The minimum absolute atomic E-state index is 0.337. The lowest BCUT2D eigenvalue weighted by molar-refractivity contribution is -0.120. The highest BCUT2D eigenvalue weighted by molar-refractivity contribution is 6.46. The molecule has 0 fully saturated rings. The van der Waals surface area contributed by atoms with Gasteiger partial charge in [0.1, 0.15) is 11.4 Å². The number of rotatable bonds is 4. The van der Waals surface area contributed by atoms with Gasteiger partial charge in [0, 0.05) is 12.2 Å². The highest BCUT2D eigenvalue weighted by atomic mass is 35.5. The first-order valence-electron chi connectivity index (χ1n) is 10.9. The molecule has 0 bridgehead atoms. The molecule has 5 nitrogen and oxygen atoms in total. The van der Waals surface area contributed by atoms with Gasteiger partial charge in [-0.3, -0.25) is 9.59 Å². The number of imide groups is 1. The van der Waals surface area contributed by atoms with Crippen LogP contribution in [-0.4, -0.2) is 25.5 Å². The minimum atomic E-state index is -0.358. The van der Waals surface area contributed by atoms with Crippen molar-refractivity contribution in [2.45, 2.75) is 19.8 Å². The van der Waals surface area contributed by atoms with Crippen LogP contribution >= 0.6 is 11.6 Å². The quantitative estimate of drug-likeness (QED) is 0.491. The van der Waals surface area contributed by atoms with Crippen LogP contribution in [-0.2, 0) is 16.0 Å². The standard InChI is InChI=1S/C27H23ClN2O3/c1-17-9-11-19(12-10-17)24-25(29-15-5-7-18-6-3-4-8-22(18)29)27(32)30(26(24)31)20-13-14-23(33-2)21(28)16-20/h3-4,6,8-14,16H,5,7,15H2,1-2H3. The molecular weight excluding hydrogens is 436 g/mol. The van der Waals surface area contributed by atoms with Crippen LogP contribution in [0, 0.1) is 6.92 Å². The Morgan fingerprint density at radius 3 is 2.42 bits per heavy atom. The Bertz CT molecular complexity index is 1300. The second-order valence-electron chi connectivity index (χ2n) is 8.24. The molecule has 0 saturated carbocycles. The van der Waals surface area contributed by atoms with Crippen molar-refractivity contribution in [2.24, 2.45) is 0 Å². The van der Waals surface area contributed by atoms with Crippen molar-refractivity contribution >= 4 is 40.4 Å². The van der Waals surface area contributed by atoms with Gasteiger partial charge >= 0.3 is 0 Å². The molecule has 2 amide bonds. The van der Waals surface area contributed by atoms with Gasteiger partial charge in [0.25, 0.3) is 11.8 Å². The third-order valence-corrected chi connectivity index (χ3v) is 6.47. The Morgan fingerprint density at radius 2 is 1.70 bits per heavy atom. The first kappa shape index (κ1) is 21.3. The average molecular weight is 459 g/mol. The molecule has 0 aromatic heterocycles. The summed E-state index contributed by atoms with van der Waals surface area (Å²) in [5.74, 6) is -0.229. The first-order chi connectivity index (χ1) is 16.0. The van der Waals surface area contributed by atoms with Gasteiger partial charge in [0.2, 0.25) is 0 Å². The van der Waals surface area contributed by atoms with E-state index < -0.39 is 0 Å². The summed E-state index contributed by atoms with van der Waals surface area (Å²) in [7, 11) is 1.52. The van der Waals surface area contributed by atoms with Crippen molar-refractivity contribution in [2.75, 3.05) is 23.5 Å². The maximum atomic E-state index is 13.9. The first-order valence-corrected chi connectivity index (χ1v) is 11.3. The molecule has 0 aliphatic carbocycles. The lowest BCUT2D eigenvalue weighted by Gasteiger charge is -2.32. The van der Waals surface area contributed by atoms with Crippen LogP contribution < -0.4 is 14.5 Å². The summed E-state index contributed by atoms with van der Waals surface area (Å²) in [4.78, 5) is 30.9. The highest BCUT2D eigenvalue weighted by Gasteiger charge is 2.43. The number of methoxy groups -OCH3 is 1. The summed E-state index contributed by atoms with van der Waals surface area (Å²) in [6, 6.07) is 20.7. The molecule has 6 heteroatoms. The van der Waals surface area contributed by atoms with Crippen LogP contribution in [0.2, 0.25) is 5.02 Å². The van der Waals surface area contributed by atoms with Crippen molar-refractivity contribution in [1.82, 2.24) is 0 Å².